The number of quaternary nitrogens is 2. The molecule has 2 N–H and O–H groups in total. The average molecular weight is 1020 g/mol. The SMILES string of the molecule is CCCC[N+](CCCC)(CCCC)C[N+](CCCC)(CCCC)CCCC.COC1O[C@@H]2[C@H](O1)[C@@H](COP1OP(=O)([O-])C(Cl)(Cl)P(=O)([O-])O1)O[C@H]2n1cnc2c(N)nc(SC)nc21.[B]. The van der Waals surface area contributed by atoms with Gasteiger partial charge in [-0.25, -0.2) is 15.0 Å². The van der Waals surface area contributed by atoms with Crippen molar-refractivity contribution in [1.29, 1.82) is 0 Å². The van der Waals surface area contributed by atoms with Crippen molar-refractivity contribution < 1.29 is 60.0 Å². The number of imidazole rings is 1. The Balaban J connectivity index is 0.000000352. The number of unbranched alkanes of at least 4 members (excludes halogenated alkanes) is 6. The zero-order valence-corrected chi connectivity index (χ0v) is 44.0. The van der Waals surface area contributed by atoms with E-state index in [1.165, 1.54) is 157 Å². The molecule has 18 nitrogen and oxygen atoms in total. The Morgan fingerprint density at radius 2 is 1.27 bits per heavy atom. The zero-order valence-electron chi connectivity index (χ0n) is 38.9. The third-order valence-electron chi connectivity index (χ3n) is 11.8. The maximum absolute atomic E-state index is 12.1. The summed E-state index contributed by atoms with van der Waals surface area (Å²) in [6.07, 6.45) is 16.4. The Hall–Kier alpha value is -0.205. The number of thioether (sulfide) groups is 1. The van der Waals surface area contributed by atoms with Crippen molar-refractivity contribution in [3.8, 4) is 0 Å². The van der Waals surface area contributed by atoms with Crippen molar-refractivity contribution in [1.82, 2.24) is 19.5 Å². The smallest absolute Gasteiger partial charge is 0.343 e. The average Bonchev–Trinajstić information content (AvgIpc) is 3.97. The predicted octanol–water partition coefficient (Wildman–Crippen LogP) is 8.23. The lowest BCUT2D eigenvalue weighted by Gasteiger charge is -2.48. The summed E-state index contributed by atoms with van der Waals surface area (Å²) in [6.45, 7) is 22.7. The summed E-state index contributed by atoms with van der Waals surface area (Å²) in [5, 5.41) is 0.405. The topological polar surface area (TPSA) is 214 Å². The molecular weight excluding hydrogens is 949 g/mol. The Labute approximate surface area is 398 Å². The van der Waals surface area contributed by atoms with Gasteiger partial charge in [-0.15, -0.1) is 0 Å². The number of ether oxygens (including phenoxy) is 4. The second-order valence-corrected chi connectivity index (χ2v) is 25.5. The molecule has 2 aromatic rings. The molecule has 7 atom stereocenters. The van der Waals surface area contributed by atoms with Crippen LogP contribution in [0.15, 0.2) is 11.5 Å². The van der Waals surface area contributed by atoms with Gasteiger partial charge in [0.05, 0.1) is 52.2 Å². The molecule has 5 rings (SSSR count). The Morgan fingerprint density at radius 3 is 1.69 bits per heavy atom. The Morgan fingerprint density at radius 1 is 0.812 bits per heavy atom. The highest BCUT2D eigenvalue weighted by Gasteiger charge is 2.58. The number of methoxy groups -OCH3 is 1. The second-order valence-electron chi connectivity index (χ2n) is 16.7. The van der Waals surface area contributed by atoms with Crippen molar-refractivity contribution in [2.75, 3.05) is 71.6 Å². The molecule has 5 heterocycles. The lowest BCUT2D eigenvalue weighted by molar-refractivity contribution is -1.10. The van der Waals surface area contributed by atoms with E-state index >= 15 is 0 Å². The highest BCUT2D eigenvalue weighted by molar-refractivity contribution is 7.98. The van der Waals surface area contributed by atoms with Gasteiger partial charge < -0.3 is 48.1 Å². The van der Waals surface area contributed by atoms with Crippen molar-refractivity contribution in [2.24, 2.45) is 0 Å². The highest BCUT2D eigenvalue weighted by Crippen LogP contribution is 2.85. The molecule has 3 unspecified atom stereocenters. The molecule has 3 saturated heterocycles. The van der Waals surface area contributed by atoms with Gasteiger partial charge in [-0.1, -0.05) is 115 Å². The van der Waals surface area contributed by atoms with E-state index in [0.29, 0.717) is 16.3 Å². The predicted molar refractivity (Wildman–Crippen MR) is 250 cm³/mol. The first-order valence-electron chi connectivity index (χ1n) is 22.5. The van der Waals surface area contributed by atoms with E-state index in [4.69, 9.17) is 52.4 Å². The summed E-state index contributed by atoms with van der Waals surface area (Å²) in [5.41, 5.74) is 6.70. The van der Waals surface area contributed by atoms with Crippen LogP contribution in [-0.2, 0) is 41.2 Å². The van der Waals surface area contributed by atoms with Gasteiger partial charge in [0.15, 0.2) is 38.0 Å². The van der Waals surface area contributed by atoms with E-state index in [1.807, 2.05) is 0 Å². The van der Waals surface area contributed by atoms with Crippen LogP contribution in [0, 0.1) is 0 Å². The maximum Gasteiger partial charge on any atom is 0.343 e. The lowest BCUT2D eigenvalue weighted by atomic mass is 10.1. The van der Waals surface area contributed by atoms with E-state index in [-0.39, 0.29) is 14.2 Å². The van der Waals surface area contributed by atoms with Crippen LogP contribution in [0.4, 0.5) is 5.82 Å². The molecule has 3 aliphatic rings. The molecule has 3 fully saturated rings. The molecule has 2 aromatic heterocycles. The van der Waals surface area contributed by atoms with E-state index in [0.717, 1.165) is 0 Å². The molecule has 25 heteroatoms. The monoisotopic (exact) mass is 1020 g/mol. The normalized spacial score (nSPS) is 27.9. The van der Waals surface area contributed by atoms with Crippen LogP contribution >= 0.6 is 58.8 Å². The largest absolute Gasteiger partial charge is 0.776 e. The minimum atomic E-state index is -5.33. The first kappa shape index (κ1) is 58.1. The number of nitrogens with two attached hydrogens (primary N) is 1. The van der Waals surface area contributed by atoms with E-state index in [2.05, 4.69) is 65.1 Å². The molecule has 0 amide bonds. The van der Waals surface area contributed by atoms with Crippen LogP contribution in [0.2, 0.25) is 0 Å². The summed E-state index contributed by atoms with van der Waals surface area (Å²) < 4.78 is 62.5. The van der Waals surface area contributed by atoms with Gasteiger partial charge >= 0.3 is 8.60 Å². The van der Waals surface area contributed by atoms with Crippen LogP contribution in [0.1, 0.15) is 125 Å². The molecular formula is C39H72BCl2N7O11P3S. The fourth-order valence-electron chi connectivity index (χ4n) is 8.28. The van der Waals surface area contributed by atoms with Crippen LogP contribution in [0.5, 0.6) is 0 Å². The van der Waals surface area contributed by atoms with Crippen molar-refractivity contribution in [2.45, 2.75) is 159 Å². The summed E-state index contributed by atoms with van der Waals surface area (Å²) in [5.74, 6) is 0.170. The van der Waals surface area contributed by atoms with Gasteiger partial charge in [-0.05, 0) is 44.8 Å². The molecule has 0 spiro atoms. The molecule has 0 aliphatic carbocycles. The van der Waals surface area contributed by atoms with Crippen LogP contribution in [0.3, 0.4) is 0 Å². The van der Waals surface area contributed by atoms with Crippen molar-refractivity contribution >= 4 is 84.2 Å². The maximum atomic E-state index is 12.1. The quantitative estimate of drug-likeness (QED) is 0.0179. The molecule has 367 valence electrons. The fourth-order valence-corrected chi connectivity index (χ4v) is 14.8. The molecule has 3 radical (unpaired) electrons. The lowest BCUT2D eigenvalue weighted by Crippen LogP contribution is -2.64. The van der Waals surface area contributed by atoms with Crippen LogP contribution < -0.4 is 15.5 Å². The highest BCUT2D eigenvalue weighted by atomic mass is 35.5. The van der Waals surface area contributed by atoms with Gasteiger partial charge in [0.25, 0.3) is 6.48 Å². The number of halogens is 2. The molecule has 0 saturated carbocycles. The molecule has 64 heavy (non-hydrogen) atoms. The number of nitrogen functional groups attached to an aromatic ring is 1. The van der Waals surface area contributed by atoms with Crippen molar-refractivity contribution in [3.05, 3.63) is 6.33 Å². The number of alkyl halides is 2. The summed E-state index contributed by atoms with van der Waals surface area (Å²) in [6, 6.07) is 0. The molecule has 3 aliphatic heterocycles. The van der Waals surface area contributed by atoms with Crippen LogP contribution in [-0.4, -0.2) is 131 Å². The first-order chi connectivity index (χ1) is 30.0. The minimum Gasteiger partial charge on any atom is -0.776 e. The summed E-state index contributed by atoms with van der Waals surface area (Å²) in [7, 11) is -12.2. The standard InChI is InChI=1S/C25H56N2.C14H18Cl2N5O11P3S.B/c1-7-13-19-26(20-14-8-2,21-15-9-3)25-27(22-16-10-4,23-17-11-5)24-18-12-6;1-26-13-29-7-5(3-27-33-31-34(22,23)14(15,16)35(24,25)32-33)28-11(8(7)30-13)21-4-18-6-9(17)19-12(36-2)20-10(6)21;/h7-25H2,1-6H3;4-5,7-8,11,13H,3H2,1-2H3,(H,22,23)(H,24,25)(H2,17,19,20);/q+2;;/p-2/t;5-,7-,8-,11-,13?;/m.1./s1. The van der Waals surface area contributed by atoms with Crippen molar-refractivity contribution in [3.63, 3.8) is 0 Å². The van der Waals surface area contributed by atoms with Gasteiger partial charge in [0, 0.05) is 15.5 Å². The van der Waals surface area contributed by atoms with E-state index < -0.39 is 65.2 Å². The number of hydrogen-bond donors (Lipinski definition) is 1. The van der Waals surface area contributed by atoms with Gasteiger partial charge in [-0.3, -0.25) is 22.2 Å². The van der Waals surface area contributed by atoms with Gasteiger partial charge in [0.2, 0.25) is 10.5 Å². The Kier molecular flexibility index (Phi) is 24.2. The van der Waals surface area contributed by atoms with E-state index in [9.17, 15) is 18.9 Å². The third-order valence-corrected chi connectivity index (χ3v) is 20.7. The molecule has 0 bridgehead atoms. The Bertz CT molecular complexity index is 1720. The minimum absolute atomic E-state index is 0. The van der Waals surface area contributed by atoms with E-state index in [1.54, 1.807) is 10.8 Å². The number of aromatic nitrogens is 4. The molecule has 0 aromatic carbocycles. The fraction of sp³-hybridized carbons (Fsp3) is 0.872. The number of nitrogens with zero attached hydrogens (tertiary/aromatic N) is 6. The van der Waals surface area contributed by atoms with Gasteiger partial charge in [0.1, 0.15) is 23.8 Å². The zero-order chi connectivity index (χ0) is 46.5. The number of fused-ring (bicyclic) bond motifs is 2. The summed E-state index contributed by atoms with van der Waals surface area (Å²) in [4.78, 5) is 37.1. The first-order valence-corrected chi connectivity index (χ1v) is 28.7. The summed E-state index contributed by atoms with van der Waals surface area (Å²) >= 11 is 12.1. The van der Waals surface area contributed by atoms with Gasteiger partial charge in [-0.2, -0.15) is 0 Å². The number of rotatable bonds is 26. The number of anilines is 1. The number of hydrogen-bond acceptors (Lipinski definition) is 16. The third kappa shape index (κ3) is 14.4. The van der Waals surface area contributed by atoms with Crippen LogP contribution in [0.25, 0.3) is 11.2 Å². The second kappa shape index (κ2) is 26.7.